The molecule has 0 aromatic heterocycles. The highest BCUT2D eigenvalue weighted by atomic mass is 16.5. The summed E-state index contributed by atoms with van der Waals surface area (Å²) in [6.07, 6.45) is 2.41. The number of amides is 2. The Hall–Kier alpha value is -2.53. The molecule has 1 fully saturated rings. The molecule has 2 aromatic rings. The molecule has 1 saturated heterocycles. The summed E-state index contributed by atoms with van der Waals surface area (Å²) in [6.45, 7) is 4.70. The Morgan fingerprint density at radius 2 is 1.88 bits per heavy atom. The van der Waals surface area contributed by atoms with Crippen LogP contribution < -0.4 is 15.4 Å². The fourth-order valence-corrected chi connectivity index (χ4v) is 3.36. The van der Waals surface area contributed by atoms with Crippen LogP contribution in [0, 0.1) is 6.92 Å². The van der Waals surface area contributed by atoms with Gasteiger partial charge in [-0.15, -0.1) is 0 Å². The van der Waals surface area contributed by atoms with Crippen LogP contribution in [-0.4, -0.2) is 37.7 Å². The molecule has 0 aliphatic carbocycles. The van der Waals surface area contributed by atoms with Crippen molar-refractivity contribution in [1.29, 1.82) is 0 Å². The maximum atomic E-state index is 12.3. The summed E-state index contributed by atoms with van der Waals surface area (Å²) < 4.78 is 5.36. The number of hydrogen-bond donors (Lipinski definition) is 2. The summed E-state index contributed by atoms with van der Waals surface area (Å²) >= 11 is 0. The number of aryl methyl sites for hydroxylation is 1. The van der Waals surface area contributed by atoms with Gasteiger partial charge in [-0.3, -0.25) is 4.90 Å². The minimum absolute atomic E-state index is 0.149. The van der Waals surface area contributed by atoms with Crippen molar-refractivity contribution in [2.45, 2.75) is 25.8 Å². The highest BCUT2D eigenvalue weighted by Gasteiger charge is 2.24. The molecule has 2 aromatic carbocycles. The number of nitrogens with zero attached hydrogens (tertiary/aromatic N) is 1. The van der Waals surface area contributed by atoms with E-state index in [9.17, 15) is 4.79 Å². The van der Waals surface area contributed by atoms with Crippen LogP contribution in [0.3, 0.4) is 0 Å². The Balaban J connectivity index is 1.65. The quantitative estimate of drug-likeness (QED) is 0.826. The molecular formula is C21H27N3O2. The molecule has 2 N–H and O–H groups in total. The van der Waals surface area contributed by atoms with Gasteiger partial charge < -0.3 is 15.4 Å². The van der Waals surface area contributed by atoms with Crippen molar-refractivity contribution in [3.05, 3.63) is 59.7 Å². The van der Waals surface area contributed by atoms with Crippen molar-refractivity contribution in [2.75, 3.05) is 32.1 Å². The second-order valence-electron chi connectivity index (χ2n) is 6.74. The van der Waals surface area contributed by atoms with Crippen LogP contribution in [0.4, 0.5) is 10.5 Å². The minimum atomic E-state index is -0.180. The highest BCUT2D eigenvalue weighted by Crippen LogP contribution is 2.27. The van der Waals surface area contributed by atoms with Crippen molar-refractivity contribution in [3.8, 4) is 5.75 Å². The number of likely N-dealkylation sites (tertiary alicyclic amines) is 1. The van der Waals surface area contributed by atoms with Crippen LogP contribution in [0.2, 0.25) is 0 Å². The Morgan fingerprint density at radius 1 is 1.15 bits per heavy atom. The molecule has 138 valence electrons. The molecule has 0 unspecified atom stereocenters. The van der Waals surface area contributed by atoms with Gasteiger partial charge in [0.05, 0.1) is 13.2 Å². The van der Waals surface area contributed by atoms with E-state index in [1.165, 1.54) is 24.0 Å². The third kappa shape index (κ3) is 4.76. The molecule has 0 saturated carbocycles. The lowest BCUT2D eigenvalue weighted by molar-refractivity contribution is 0.227. The van der Waals surface area contributed by atoms with Gasteiger partial charge >= 0.3 is 6.03 Å². The molecule has 2 amide bonds. The molecule has 3 rings (SSSR count). The summed E-state index contributed by atoms with van der Waals surface area (Å²) in [5, 5.41) is 5.92. The number of carbonyl (C=O) groups is 1. The summed E-state index contributed by atoms with van der Waals surface area (Å²) in [5.74, 6) is 0.843. The lowest BCUT2D eigenvalue weighted by Crippen LogP contribution is -2.38. The zero-order valence-electron chi connectivity index (χ0n) is 15.5. The van der Waals surface area contributed by atoms with Crippen LogP contribution in [0.5, 0.6) is 5.75 Å². The number of rotatable bonds is 6. The number of carbonyl (C=O) groups excluding carboxylic acids is 1. The van der Waals surface area contributed by atoms with E-state index in [1.54, 1.807) is 7.11 Å². The molecule has 5 heteroatoms. The van der Waals surface area contributed by atoms with Gasteiger partial charge in [0, 0.05) is 12.2 Å². The van der Waals surface area contributed by atoms with Gasteiger partial charge in [0.1, 0.15) is 5.75 Å². The first-order chi connectivity index (χ1) is 12.7. The van der Waals surface area contributed by atoms with Crippen LogP contribution in [0.15, 0.2) is 48.5 Å². The number of benzene rings is 2. The standard InChI is InChI=1S/C21H27N3O2/c1-16-8-10-18(11-9-16)23-21(25)22-15-20(24-12-3-4-13-24)17-6-5-7-19(14-17)26-2/h5-11,14,20H,3-4,12-13,15H2,1-2H3,(H2,22,23,25)/t20-/m1/s1. The molecule has 0 bridgehead atoms. The molecule has 1 atom stereocenters. The van der Waals surface area contributed by atoms with Crippen LogP contribution in [-0.2, 0) is 0 Å². The summed E-state index contributed by atoms with van der Waals surface area (Å²) in [5.41, 5.74) is 3.14. The maximum Gasteiger partial charge on any atom is 0.319 e. The van der Waals surface area contributed by atoms with Crippen molar-refractivity contribution in [2.24, 2.45) is 0 Å². The fraction of sp³-hybridized carbons (Fsp3) is 0.381. The van der Waals surface area contributed by atoms with E-state index >= 15 is 0 Å². The Kier molecular flexibility index (Phi) is 6.12. The summed E-state index contributed by atoms with van der Waals surface area (Å²) in [7, 11) is 1.68. The van der Waals surface area contributed by atoms with Crippen LogP contribution >= 0.6 is 0 Å². The Bertz CT molecular complexity index is 724. The van der Waals surface area contributed by atoms with Crippen LogP contribution in [0.25, 0.3) is 0 Å². The fourth-order valence-electron chi connectivity index (χ4n) is 3.36. The first-order valence-corrected chi connectivity index (χ1v) is 9.15. The van der Waals surface area contributed by atoms with Crippen molar-refractivity contribution in [1.82, 2.24) is 10.2 Å². The van der Waals surface area contributed by atoms with Gasteiger partial charge in [-0.2, -0.15) is 0 Å². The summed E-state index contributed by atoms with van der Waals surface area (Å²) in [6, 6.07) is 15.9. The van der Waals surface area contributed by atoms with Crippen LogP contribution in [0.1, 0.15) is 30.0 Å². The zero-order valence-corrected chi connectivity index (χ0v) is 15.5. The summed E-state index contributed by atoms with van der Waals surface area (Å²) in [4.78, 5) is 14.7. The van der Waals surface area contributed by atoms with E-state index in [0.717, 1.165) is 24.5 Å². The predicted octanol–water partition coefficient (Wildman–Crippen LogP) is 3.96. The van der Waals surface area contributed by atoms with Crippen molar-refractivity contribution >= 4 is 11.7 Å². The molecule has 0 radical (unpaired) electrons. The van der Waals surface area contributed by atoms with Crippen molar-refractivity contribution in [3.63, 3.8) is 0 Å². The Labute approximate surface area is 155 Å². The Morgan fingerprint density at radius 3 is 2.58 bits per heavy atom. The third-order valence-electron chi connectivity index (χ3n) is 4.83. The minimum Gasteiger partial charge on any atom is -0.497 e. The predicted molar refractivity (Wildman–Crippen MR) is 105 cm³/mol. The second kappa shape index (κ2) is 8.72. The van der Waals surface area contributed by atoms with Gasteiger partial charge in [0.25, 0.3) is 0 Å². The van der Waals surface area contributed by atoms with E-state index in [-0.39, 0.29) is 12.1 Å². The lowest BCUT2D eigenvalue weighted by atomic mass is 10.1. The smallest absolute Gasteiger partial charge is 0.319 e. The lowest BCUT2D eigenvalue weighted by Gasteiger charge is -2.28. The van der Waals surface area contributed by atoms with E-state index in [2.05, 4.69) is 27.7 Å². The average molecular weight is 353 g/mol. The second-order valence-corrected chi connectivity index (χ2v) is 6.74. The zero-order chi connectivity index (χ0) is 18.4. The molecular weight excluding hydrogens is 326 g/mol. The van der Waals surface area contributed by atoms with Gasteiger partial charge in [-0.1, -0.05) is 29.8 Å². The molecule has 26 heavy (non-hydrogen) atoms. The van der Waals surface area contributed by atoms with Gasteiger partial charge in [0.2, 0.25) is 0 Å². The highest BCUT2D eigenvalue weighted by molar-refractivity contribution is 5.89. The monoisotopic (exact) mass is 353 g/mol. The number of methoxy groups -OCH3 is 1. The van der Waals surface area contributed by atoms with E-state index in [1.807, 2.05) is 43.3 Å². The van der Waals surface area contributed by atoms with Crippen molar-refractivity contribution < 1.29 is 9.53 Å². The molecule has 1 heterocycles. The number of ether oxygens (including phenoxy) is 1. The number of hydrogen-bond acceptors (Lipinski definition) is 3. The topological polar surface area (TPSA) is 53.6 Å². The number of nitrogens with one attached hydrogen (secondary N) is 2. The molecule has 0 spiro atoms. The van der Waals surface area contributed by atoms with Gasteiger partial charge in [0.15, 0.2) is 0 Å². The van der Waals surface area contributed by atoms with Gasteiger partial charge in [-0.05, 0) is 62.7 Å². The largest absolute Gasteiger partial charge is 0.497 e. The first kappa shape index (κ1) is 18.3. The van der Waals surface area contributed by atoms with E-state index < -0.39 is 0 Å². The van der Waals surface area contributed by atoms with Gasteiger partial charge in [-0.25, -0.2) is 4.79 Å². The average Bonchev–Trinajstić information content (AvgIpc) is 3.18. The van der Waals surface area contributed by atoms with E-state index in [0.29, 0.717) is 6.54 Å². The molecule has 1 aliphatic rings. The normalized spacial score (nSPS) is 15.5. The molecule has 1 aliphatic heterocycles. The van der Waals surface area contributed by atoms with E-state index in [4.69, 9.17) is 4.74 Å². The number of anilines is 1. The molecule has 5 nitrogen and oxygen atoms in total. The maximum absolute atomic E-state index is 12.3. The first-order valence-electron chi connectivity index (χ1n) is 9.15. The third-order valence-corrected chi connectivity index (χ3v) is 4.83. The number of urea groups is 1. The SMILES string of the molecule is COc1cccc([C@@H](CNC(=O)Nc2ccc(C)cc2)N2CCCC2)c1.